The Kier molecular flexibility index (Phi) is 13.8. The number of fused-ring (bicyclic) bond motifs is 2. The van der Waals surface area contributed by atoms with Crippen molar-refractivity contribution < 1.29 is 55.7 Å². The number of carboxylic acids is 2. The fraction of sp³-hybridized carbons (Fsp3) is 0.267. The van der Waals surface area contributed by atoms with Gasteiger partial charge in [-0.15, -0.1) is 0 Å². The summed E-state index contributed by atoms with van der Waals surface area (Å²) in [6.45, 7) is 14.8. The summed E-state index contributed by atoms with van der Waals surface area (Å²) < 4.78 is 85.4. The number of carbonyl (C=O) groups is 3. The van der Waals surface area contributed by atoms with Crippen molar-refractivity contribution in [2.24, 2.45) is 0 Å². The molecule has 0 saturated heterocycles. The monoisotopic (exact) mass is 878 g/mol. The number of nitrogens with one attached hydrogen (secondary N) is 1. The van der Waals surface area contributed by atoms with E-state index in [1.807, 2.05) is 0 Å². The molecule has 332 valence electrons. The van der Waals surface area contributed by atoms with Gasteiger partial charge in [0.15, 0.2) is 11.3 Å². The Bertz CT molecular complexity index is 2710. The Morgan fingerprint density at radius 3 is 1.67 bits per heavy atom. The fourth-order valence-corrected chi connectivity index (χ4v) is 6.51. The number of hydrogen-bond acceptors (Lipinski definition) is 7. The number of carbonyl (C=O) groups excluding carboxylic acids is 1. The number of benzene rings is 2. The van der Waals surface area contributed by atoms with E-state index in [2.05, 4.69) is 28.4 Å². The molecule has 0 spiro atoms. The first kappa shape index (κ1) is 46.9. The van der Waals surface area contributed by atoms with Crippen LogP contribution in [0.1, 0.15) is 76.6 Å². The van der Waals surface area contributed by atoms with Crippen LogP contribution in [0.15, 0.2) is 86.5 Å². The summed E-state index contributed by atoms with van der Waals surface area (Å²) in [5.41, 5.74) is 5.76. The molecule has 0 saturated carbocycles. The van der Waals surface area contributed by atoms with Gasteiger partial charge >= 0.3 is 30.4 Å². The molecule has 0 bridgehead atoms. The normalized spacial score (nSPS) is 11.8. The minimum absolute atomic E-state index is 0.131. The summed E-state index contributed by atoms with van der Waals surface area (Å²) in [5, 5.41) is 21.3. The van der Waals surface area contributed by atoms with Crippen molar-refractivity contribution >= 4 is 52.9 Å². The molecule has 3 N–H and O–H groups in total. The lowest BCUT2D eigenvalue weighted by molar-refractivity contribution is -0.132. The summed E-state index contributed by atoms with van der Waals surface area (Å²) in [6.07, 6.45) is -2.19. The van der Waals surface area contributed by atoms with E-state index in [9.17, 15) is 50.9 Å². The molecule has 0 fully saturated rings. The van der Waals surface area contributed by atoms with E-state index in [1.54, 1.807) is 98.4 Å². The number of hydrogen-bond donors (Lipinski definition) is 3. The zero-order valence-electron chi connectivity index (χ0n) is 34.9. The highest BCUT2D eigenvalue weighted by molar-refractivity contribution is 5.94. The maximum absolute atomic E-state index is 13.1. The van der Waals surface area contributed by atoms with Crippen LogP contribution in [0, 0.1) is 13.8 Å². The third kappa shape index (κ3) is 11.6. The van der Waals surface area contributed by atoms with Gasteiger partial charge in [0.1, 0.15) is 5.60 Å². The van der Waals surface area contributed by atoms with Crippen LogP contribution in [0.5, 0.6) is 0 Å². The average Bonchev–Trinajstić information content (AvgIpc) is 3.81. The van der Waals surface area contributed by atoms with E-state index >= 15 is 0 Å². The molecule has 0 aliphatic heterocycles. The van der Waals surface area contributed by atoms with Crippen LogP contribution in [-0.4, -0.2) is 78.1 Å². The van der Waals surface area contributed by atoms with Gasteiger partial charge in [0.2, 0.25) is 0 Å². The number of imidazole rings is 2. The molecule has 6 rings (SSSR count). The third-order valence-electron chi connectivity index (χ3n) is 9.46. The second-order valence-electron chi connectivity index (χ2n) is 15.4. The fourth-order valence-electron chi connectivity index (χ4n) is 6.51. The van der Waals surface area contributed by atoms with Crippen LogP contribution < -0.4 is 10.2 Å². The number of aryl methyl sites for hydroxylation is 2. The molecule has 0 aliphatic rings. The molecule has 63 heavy (non-hydrogen) atoms. The van der Waals surface area contributed by atoms with Gasteiger partial charge in [0.25, 0.3) is 0 Å². The lowest BCUT2D eigenvalue weighted by Gasteiger charge is -2.28. The smallest absolute Gasteiger partial charge is 0.414 e. The molecule has 6 aromatic rings. The first-order valence-electron chi connectivity index (χ1n) is 19.2. The molecule has 12 nitrogen and oxygen atoms in total. The number of pyridine rings is 2. The topological polar surface area (TPSA) is 151 Å². The molecule has 0 radical (unpaired) electrons. The zero-order chi connectivity index (χ0) is 46.6. The standard InChI is InChI=1S/C25H26F3N3O4.C20H18F3N3O2/c1-6-16-12-19(30(10-9-25(26,27)28)23(34)35-24(3,4)5)21-29-13-20(31(21)14-16)17-7-8-18(22(32)33)15(2)11-17;1-3-13-9-16(24-7-6-20(21,22)23)18-25-10-17(26(18)11-13)14-4-5-15(19(27)28)12(2)8-14/h6-8,11-14H,1,9-10H2,2-5H3,(H,32,33);3-5,8-11,24H,1,6-7H2,2H3,(H,27,28). The summed E-state index contributed by atoms with van der Waals surface area (Å²) in [5.74, 6) is -2.06. The Balaban J connectivity index is 0.000000243. The number of ether oxygens (including phenoxy) is 1. The van der Waals surface area contributed by atoms with Crippen LogP contribution in [0.2, 0.25) is 0 Å². The highest BCUT2D eigenvalue weighted by Gasteiger charge is 2.33. The number of aromatic nitrogens is 4. The predicted molar refractivity (Wildman–Crippen MR) is 228 cm³/mol. The van der Waals surface area contributed by atoms with Crippen LogP contribution in [0.3, 0.4) is 0 Å². The van der Waals surface area contributed by atoms with Crippen molar-refractivity contribution in [3.8, 4) is 22.5 Å². The van der Waals surface area contributed by atoms with Crippen LogP contribution in [0.4, 0.5) is 42.5 Å². The maximum atomic E-state index is 13.1. The van der Waals surface area contributed by atoms with Crippen molar-refractivity contribution in [2.45, 2.75) is 65.4 Å². The first-order chi connectivity index (χ1) is 29.4. The van der Waals surface area contributed by atoms with Crippen LogP contribution in [0.25, 0.3) is 46.0 Å². The number of amides is 1. The van der Waals surface area contributed by atoms with Gasteiger partial charge in [-0.05, 0) is 93.3 Å². The number of nitrogens with zero attached hydrogens (tertiary/aromatic N) is 5. The van der Waals surface area contributed by atoms with Gasteiger partial charge < -0.3 is 20.3 Å². The summed E-state index contributed by atoms with van der Waals surface area (Å²) >= 11 is 0. The van der Waals surface area contributed by atoms with Crippen molar-refractivity contribution in [1.29, 1.82) is 0 Å². The Labute approximate surface area is 357 Å². The Morgan fingerprint density at radius 2 is 1.22 bits per heavy atom. The highest BCUT2D eigenvalue weighted by Crippen LogP contribution is 2.33. The van der Waals surface area contributed by atoms with Crippen molar-refractivity contribution in [1.82, 2.24) is 18.8 Å². The van der Waals surface area contributed by atoms with Gasteiger partial charge in [0.05, 0.1) is 59.1 Å². The van der Waals surface area contributed by atoms with Gasteiger partial charge in [-0.3, -0.25) is 13.7 Å². The quantitative estimate of drug-likeness (QED) is 0.102. The number of halogens is 6. The Hall–Kier alpha value is -7.11. The molecule has 2 aromatic carbocycles. The van der Waals surface area contributed by atoms with Crippen LogP contribution in [-0.2, 0) is 4.74 Å². The van der Waals surface area contributed by atoms with E-state index < -0.39 is 55.4 Å². The highest BCUT2D eigenvalue weighted by atomic mass is 19.4. The van der Waals surface area contributed by atoms with Crippen molar-refractivity contribution in [3.63, 3.8) is 0 Å². The maximum Gasteiger partial charge on any atom is 0.414 e. The minimum atomic E-state index is -4.49. The third-order valence-corrected chi connectivity index (χ3v) is 9.46. The summed E-state index contributed by atoms with van der Waals surface area (Å²) in [6, 6.07) is 12.9. The molecule has 1 amide bonds. The second-order valence-corrected chi connectivity index (χ2v) is 15.4. The van der Waals surface area contributed by atoms with E-state index in [1.165, 1.54) is 30.5 Å². The summed E-state index contributed by atoms with van der Waals surface area (Å²) in [4.78, 5) is 45.2. The summed E-state index contributed by atoms with van der Waals surface area (Å²) in [7, 11) is 0. The number of alkyl halides is 6. The van der Waals surface area contributed by atoms with Crippen molar-refractivity contribution in [2.75, 3.05) is 23.3 Å². The predicted octanol–water partition coefficient (Wildman–Crippen LogP) is 11.4. The van der Waals surface area contributed by atoms with Gasteiger partial charge in [-0.25, -0.2) is 24.4 Å². The number of anilines is 2. The minimum Gasteiger partial charge on any atom is -0.478 e. The number of aromatic carboxylic acids is 2. The zero-order valence-corrected chi connectivity index (χ0v) is 34.9. The average molecular weight is 879 g/mol. The van der Waals surface area contributed by atoms with E-state index in [0.717, 1.165) is 10.5 Å². The molecule has 4 heterocycles. The van der Waals surface area contributed by atoms with E-state index in [0.29, 0.717) is 50.5 Å². The molecule has 0 aliphatic carbocycles. The molecule has 0 atom stereocenters. The molecule has 0 unspecified atom stereocenters. The van der Waals surface area contributed by atoms with Gasteiger partial charge in [0, 0.05) is 36.6 Å². The van der Waals surface area contributed by atoms with Crippen LogP contribution >= 0.6 is 0 Å². The largest absolute Gasteiger partial charge is 0.478 e. The number of carboxylic acid groups (broad SMARTS) is 2. The molecular formula is C45H44F6N6O6. The van der Waals surface area contributed by atoms with Crippen molar-refractivity contribution in [3.05, 3.63) is 120 Å². The number of rotatable bonds is 12. The Morgan fingerprint density at radius 1 is 0.746 bits per heavy atom. The second kappa shape index (κ2) is 18.5. The lowest BCUT2D eigenvalue weighted by Crippen LogP contribution is -2.39. The first-order valence-corrected chi connectivity index (χ1v) is 19.2. The van der Waals surface area contributed by atoms with Gasteiger partial charge in [-0.2, -0.15) is 26.3 Å². The van der Waals surface area contributed by atoms with Gasteiger partial charge in [-0.1, -0.05) is 37.4 Å². The molecule has 18 heteroatoms. The SMILES string of the molecule is C=Cc1cc(N(CCC(F)(F)F)C(=O)OC(C)(C)C)c2ncc(-c3ccc(C(=O)O)c(C)c3)n2c1.C=Cc1cc(NCCC(F)(F)F)c2ncc(-c3ccc(C(=O)O)c(C)c3)n2c1. The molecule has 4 aromatic heterocycles. The lowest BCUT2D eigenvalue weighted by atomic mass is 10.0. The molecular weight excluding hydrogens is 835 g/mol. The van der Waals surface area contributed by atoms with E-state index in [4.69, 9.17) is 4.74 Å². The van der Waals surface area contributed by atoms with E-state index in [-0.39, 0.29) is 29.0 Å².